The van der Waals surface area contributed by atoms with E-state index in [0.29, 0.717) is 12.8 Å². The molecule has 1 amide bonds. The van der Waals surface area contributed by atoms with E-state index in [1.165, 1.54) is 276 Å². The molecule has 2 aliphatic heterocycles. The van der Waals surface area contributed by atoms with E-state index < -0.39 is 86.8 Å². The molecular weight excluding hydrogens is 1170 g/mol. The van der Waals surface area contributed by atoms with Crippen LogP contribution in [0.5, 0.6) is 0 Å². The summed E-state index contributed by atoms with van der Waals surface area (Å²) < 4.78 is 22.9. The van der Waals surface area contributed by atoms with Crippen molar-refractivity contribution in [1.82, 2.24) is 5.32 Å². The number of carbonyl (C=O) groups excluding carboxylic acids is 1. The molecule has 2 heterocycles. The Labute approximate surface area is 570 Å². The lowest BCUT2D eigenvalue weighted by atomic mass is 9.97. The van der Waals surface area contributed by atoms with Crippen molar-refractivity contribution in [3.05, 3.63) is 36.5 Å². The van der Waals surface area contributed by atoms with Crippen LogP contribution in [0, 0.1) is 0 Å². The molecule has 0 aromatic heterocycles. The van der Waals surface area contributed by atoms with Crippen LogP contribution in [-0.4, -0.2) is 140 Å². The number of carbonyl (C=O) groups is 1. The molecule has 2 aliphatic rings. The summed E-state index contributed by atoms with van der Waals surface area (Å²) in [6, 6.07) is -0.827. The number of aliphatic hydroxyl groups is 8. The normalized spacial score (nSPS) is 22.7. The molecule has 2 fully saturated rings. The van der Waals surface area contributed by atoms with Gasteiger partial charge < -0.3 is 65.1 Å². The van der Waals surface area contributed by atoms with Gasteiger partial charge in [0, 0.05) is 6.42 Å². The van der Waals surface area contributed by atoms with Crippen LogP contribution in [0.15, 0.2) is 36.5 Å². The zero-order valence-electron chi connectivity index (χ0n) is 60.0. The highest BCUT2D eigenvalue weighted by molar-refractivity contribution is 5.76. The summed E-state index contributed by atoms with van der Waals surface area (Å²) in [6.45, 7) is 2.90. The first-order valence-corrected chi connectivity index (χ1v) is 39.7. The van der Waals surface area contributed by atoms with Crippen LogP contribution in [0.4, 0.5) is 0 Å². The van der Waals surface area contributed by atoms with E-state index in [1.807, 2.05) is 0 Å². The standard InChI is InChI=1S/C79H149NO13/c1-3-5-7-9-11-13-15-17-19-21-23-24-25-26-27-28-29-30-31-32-33-34-35-36-37-38-39-40-41-42-43-44-45-47-49-51-53-55-57-59-61-63-71(84)80-67(68(83)62-60-58-56-54-52-50-48-46-22-20-18-16-14-12-10-8-6-4-2)66-90-78-76(89)74(87)77(70(65-82)92-78)93-79-75(88)73(86)72(85)69(64-81)91-79/h15,17,21,23,25-26,67-70,72-79,81-83,85-89H,3-14,16,18-20,22,24,27-66H2,1-2H3,(H,80,84)/b17-15-,23-21-,26-25-. The van der Waals surface area contributed by atoms with Gasteiger partial charge in [0.1, 0.15) is 48.8 Å². The van der Waals surface area contributed by atoms with Gasteiger partial charge in [-0.2, -0.15) is 0 Å². The van der Waals surface area contributed by atoms with Gasteiger partial charge >= 0.3 is 0 Å². The van der Waals surface area contributed by atoms with E-state index in [2.05, 4.69) is 55.6 Å². The van der Waals surface area contributed by atoms with E-state index in [1.54, 1.807) is 0 Å². The highest BCUT2D eigenvalue weighted by Crippen LogP contribution is 2.30. The summed E-state index contributed by atoms with van der Waals surface area (Å²) in [4.78, 5) is 13.4. The molecule has 2 saturated heterocycles. The van der Waals surface area contributed by atoms with E-state index >= 15 is 0 Å². The molecule has 93 heavy (non-hydrogen) atoms. The second-order valence-electron chi connectivity index (χ2n) is 28.2. The molecule has 12 atom stereocenters. The topological polar surface area (TPSA) is 228 Å². The molecule has 0 aromatic rings. The quantitative estimate of drug-likeness (QED) is 0.0204. The van der Waals surface area contributed by atoms with Gasteiger partial charge in [0.2, 0.25) is 5.91 Å². The first kappa shape index (κ1) is 87.3. The third-order valence-electron chi connectivity index (χ3n) is 19.6. The van der Waals surface area contributed by atoms with Gasteiger partial charge in [-0.1, -0.05) is 346 Å². The van der Waals surface area contributed by atoms with Crippen molar-refractivity contribution in [2.24, 2.45) is 0 Å². The molecule has 9 N–H and O–H groups in total. The Bertz CT molecular complexity index is 1700. The minimum Gasteiger partial charge on any atom is -0.394 e. The van der Waals surface area contributed by atoms with E-state index in [9.17, 15) is 45.6 Å². The minimum absolute atomic E-state index is 0.198. The minimum atomic E-state index is -1.78. The number of rotatable bonds is 67. The maximum atomic E-state index is 13.4. The molecular formula is C79H149NO13. The fourth-order valence-corrected chi connectivity index (χ4v) is 13.3. The van der Waals surface area contributed by atoms with Crippen LogP contribution in [0.25, 0.3) is 0 Å². The highest BCUT2D eigenvalue weighted by Gasteiger charge is 2.51. The Kier molecular flexibility index (Phi) is 59.7. The monoisotopic (exact) mass is 1320 g/mol. The second-order valence-corrected chi connectivity index (χ2v) is 28.2. The zero-order chi connectivity index (χ0) is 67.3. The largest absolute Gasteiger partial charge is 0.394 e. The summed E-state index contributed by atoms with van der Waals surface area (Å²) in [7, 11) is 0. The van der Waals surface area contributed by atoms with Crippen LogP contribution in [-0.2, 0) is 23.7 Å². The molecule has 0 bridgehead atoms. The maximum absolute atomic E-state index is 13.4. The van der Waals surface area contributed by atoms with Crippen molar-refractivity contribution in [2.45, 2.75) is 441 Å². The molecule has 14 nitrogen and oxygen atoms in total. The van der Waals surface area contributed by atoms with Crippen LogP contribution in [0.3, 0.4) is 0 Å². The second kappa shape index (κ2) is 63.6. The van der Waals surface area contributed by atoms with Gasteiger partial charge in [-0.3, -0.25) is 4.79 Å². The predicted molar refractivity (Wildman–Crippen MR) is 383 cm³/mol. The van der Waals surface area contributed by atoms with E-state index in [-0.39, 0.29) is 12.5 Å². The first-order chi connectivity index (χ1) is 45.6. The fourth-order valence-electron chi connectivity index (χ4n) is 13.3. The molecule has 0 radical (unpaired) electrons. The van der Waals surface area contributed by atoms with Crippen LogP contribution in [0.1, 0.15) is 367 Å². The van der Waals surface area contributed by atoms with E-state index in [0.717, 1.165) is 64.2 Å². The Morgan fingerprint density at radius 1 is 0.387 bits per heavy atom. The van der Waals surface area contributed by atoms with Gasteiger partial charge in [0.15, 0.2) is 12.6 Å². The maximum Gasteiger partial charge on any atom is 0.220 e. The molecule has 2 rings (SSSR count). The molecule has 12 unspecified atom stereocenters. The fraction of sp³-hybridized carbons (Fsp3) is 0.911. The SMILES string of the molecule is CCCCCCC/C=C\C/C=C\C/C=C\CCCCCCCCCCCCCCCCCCCCCCCCCCCCC(=O)NC(COC1OC(CO)C(OC2OC(CO)C(O)C(O)C2O)C(O)C1O)C(O)CCCCCCCCCCCCCCCCCCCC. The summed E-state index contributed by atoms with van der Waals surface area (Å²) in [6.07, 6.45) is 66.3. The molecule has 0 aliphatic carbocycles. The molecule has 0 spiro atoms. The zero-order valence-corrected chi connectivity index (χ0v) is 60.0. The number of aliphatic hydroxyl groups excluding tert-OH is 8. The summed E-state index contributed by atoms with van der Waals surface area (Å²) in [5.74, 6) is -0.198. The van der Waals surface area contributed by atoms with E-state index in [4.69, 9.17) is 18.9 Å². The Hall–Kier alpha value is -1.79. The number of allylic oxidation sites excluding steroid dienone is 6. The lowest BCUT2D eigenvalue weighted by Crippen LogP contribution is -2.65. The molecule has 548 valence electrons. The molecule has 14 heteroatoms. The van der Waals surface area contributed by atoms with Gasteiger partial charge in [-0.15, -0.1) is 0 Å². The third-order valence-corrected chi connectivity index (χ3v) is 19.6. The molecule has 0 saturated carbocycles. The van der Waals surface area contributed by atoms with Crippen molar-refractivity contribution in [3.63, 3.8) is 0 Å². The number of hydrogen-bond donors (Lipinski definition) is 9. The smallest absolute Gasteiger partial charge is 0.220 e. The number of ether oxygens (including phenoxy) is 4. The number of unbranched alkanes of at least 4 members (excludes halogenated alkanes) is 48. The highest BCUT2D eigenvalue weighted by atomic mass is 16.7. The predicted octanol–water partition coefficient (Wildman–Crippen LogP) is 17.6. The van der Waals surface area contributed by atoms with Crippen molar-refractivity contribution in [3.8, 4) is 0 Å². The van der Waals surface area contributed by atoms with Crippen LogP contribution in [0.2, 0.25) is 0 Å². The lowest BCUT2D eigenvalue weighted by Gasteiger charge is -2.46. The van der Waals surface area contributed by atoms with Gasteiger partial charge in [-0.25, -0.2) is 0 Å². The van der Waals surface area contributed by atoms with Crippen LogP contribution < -0.4 is 5.32 Å². The Balaban J connectivity index is 1.54. The van der Waals surface area contributed by atoms with Gasteiger partial charge in [-0.05, 0) is 51.4 Å². The number of hydrogen-bond acceptors (Lipinski definition) is 13. The summed E-state index contributed by atoms with van der Waals surface area (Å²) in [5, 5.41) is 87.7. The number of nitrogens with one attached hydrogen (secondary N) is 1. The van der Waals surface area contributed by atoms with Crippen molar-refractivity contribution < 1.29 is 64.6 Å². The Morgan fingerprint density at radius 2 is 0.710 bits per heavy atom. The molecule has 0 aromatic carbocycles. The lowest BCUT2D eigenvalue weighted by molar-refractivity contribution is -0.359. The van der Waals surface area contributed by atoms with Gasteiger partial charge in [0.05, 0.1) is 32.0 Å². The number of amides is 1. The first-order valence-electron chi connectivity index (χ1n) is 39.7. The average Bonchev–Trinajstić information content (AvgIpc) is 0.958. The Morgan fingerprint density at radius 3 is 1.09 bits per heavy atom. The third kappa shape index (κ3) is 47.0. The van der Waals surface area contributed by atoms with Gasteiger partial charge in [0.25, 0.3) is 0 Å². The van der Waals surface area contributed by atoms with Crippen molar-refractivity contribution in [1.29, 1.82) is 0 Å². The van der Waals surface area contributed by atoms with Crippen LogP contribution >= 0.6 is 0 Å². The van der Waals surface area contributed by atoms with Crippen molar-refractivity contribution >= 4 is 5.91 Å². The summed E-state index contributed by atoms with van der Waals surface area (Å²) >= 11 is 0. The summed E-state index contributed by atoms with van der Waals surface area (Å²) in [5.41, 5.74) is 0. The average molecular weight is 1320 g/mol. The van der Waals surface area contributed by atoms with Crippen molar-refractivity contribution in [2.75, 3.05) is 19.8 Å².